The van der Waals surface area contributed by atoms with Crippen molar-refractivity contribution in [1.29, 1.82) is 0 Å². The van der Waals surface area contributed by atoms with E-state index in [4.69, 9.17) is 4.74 Å². The third kappa shape index (κ3) is 7.82. The van der Waals surface area contributed by atoms with Crippen LogP contribution in [0.15, 0.2) is 108 Å². The standard InChI is InChI=1S/C34H36FN3O5S/c1-4-43-30-18-20-31(21-19-30)44(41,42)38(29-16-14-28(35)15-17-29)24-33(39)37(23-27-13-9-8-10-25(27)2)32(34(40)36-3)22-26-11-6-5-7-12-26/h5-21,32H,4,22-24H2,1-3H3,(H,36,40). The van der Waals surface area contributed by atoms with Crippen molar-refractivity contribution in [2.45, 2.75) is 37.8 Å². The van der Waals surface area contributed by atoms with Crippen LogP contribution in [-0.2, 0) is 32.6 Å². The van der Waals surface area contributed by atoms with Crippen molar-refractivity contribution in [2.75, 3.05) is 24.5 Å². The Morgan fingerprint density at radius 1 is 0.886 bits per heavy atom. The van der Waals surface area contributed by atoms with Gasteiger partial charge in [0.25, 0.3) is 10.0 Å². The average Bonchev–Trinajstić information content (AvgIpc) is 3.03. The van der Waals surface area contributed by atoms with E-state index in [0.29, 0.717) is 12.4 Å². The molecule has 4 aromatic rings. The normalized spacial score (nSPS) is 11.8. The lowest BCUT2D eigenvalue weighted by Gasteiger charge is -2.34. The van der Waals surface area contributed by atoms with Crippen molar-refractivity contribution in [2.24, 2.45) is 0 Å². The maximum Gasteiger partial charge on any atom is 0.264 e. The lowest BCUT2D eigenvalue weighted by atomic mass is 10.0. The first-order chi connectivity index (χ1) is 21.1. The van der Waals surface area contributed by atoms with Gasteiger partial charge in [0.2, 0.25) is 11.8 Å². The highest BCUT2D eigenvalue weighted by Gasteiger charge is 2.34. The summed E-state index contributed by atoms with van der Waals surface area (Å²) in [7, 11) is -2.81. The van der Waals surface area contributed by atoms with E-state index >= 15 is 0 Å². The molecule has 0 saturated heterocycles. The molecule has 0 bridgehead atoms. The summed E-state index contributed by atoms with van der Waals surface area (Å²) in [4.78, 5) is 29.0. The highest BCUT2D eigenvalue weighted by atomic mass is 32.2. The van der Waals surface area contributed by atoms with E-state index in [1.165, 1.54) is 48.3 Å². The van der Waals surface area contributed by atoms with Gasteiger partial charge in [0, 0.05) is 20.0 Å². The van der Waals surface area contributed by atoms with Crippen LogP contribution in [0.2, 0.25) is 0 Å². The third-order valence-corrected chi connectivity index (χ3v) is 9.02. The van der Waals surface area contributed by atoms with E-state index in [1.54, 1.807) is 0 Å². The minimum Gasteiger partial charge on any atom is -0.494 e. The molecule has 44 heavy (non-hydrogen) atoms. The molecule has 0 fully saturated rings. The molecule has 1 unspecified atom stereocenters. The predicted octanol–water partition coefficient (Wildman–Crippen LogP) is 5.11. The van der Waals surface area contributed by atoms with E-state index in [9.17, 15) is 22.4 Å². The number of likely N-dealkylation sites (N-methyl/N-ethyl adjacent to an activating group) is 1. The highest BCUT2D eigenvalue weighted by molar-refractivity contribution is 7.92. The van der Waals surface area contributed by atoms with Gasteiger partial charge < -0.3 is 15.0 Å². The summed E-state index contributed by atoms with van der Waals surface area (Å²) in [6.45, 7) is 3.57. The fourth-order valence-corrected chi connectivity index (χ4v) is 6.24. The molecular formula is C34H36FN3O5S. The molecule has 8 nitrogen and oxygen atoms in total. The van der Waals surface area contributed by atoms with Crippen LogP contribution in [0.5, 0.6) is 5.75 Å². The number of amides is 2. The van der Waals surface area contributed by atoms with E-state index < -0.39 is 40.2 Å². The van der Waals surface area contributed by atoms with Crippen LogP contribution in [0.3, 0.4) is 0 Å². The van der Waals surface area contributed by atoms with Gasteiger partial charge in [-0.1, -0.05) is 54.6 Å². The molecule has 1 N–H and O–H groups in total. The summed E-state index contributed by atoms with van der Waals surface area (Å²) in [6.07, 6.45) is 0.209. The van der Waals surface area contributed by atoms with Crippen LogP contribution in [0.4, 0.5) is 10.1 Å². The molecule has 0 aliphatic rings. The number of hydrogen-bond acceptors (Lipinski definition) is 5. The molecule has 0 spiro atoms. The van der Waals surface area contributed by atoms with Crippen molar-refractivity contribution < 1.29 is 27.1 Å². The Kier molecular flexibility index (Phi) is 10.7. The summed E-state index contributed by atoms with van der Waals surface area (Å²) in [6, 6.07) is 26.6. The smallest absolute Gasteiger partial charge is 0.264 e. The van der Waals surface area contributed by atoms with Crippen molar-refractivity contribution in [3.05, 3.63) is 126 Å². The first-order valence-corrected chi connectivity index (χ1v) is 15.7. The monoisotopic (exact) mass is 617 g/mol. The van der Waals surface area contributed by atoms with Crippen molar-refractivity contribution in [3.63, 3.8) is 0 Å². The van der Waals surface area contributed by atoms with E-state index in [-0.39, 0.29) is 23.5 Å². The first kappa shape index (κ1) is 32.2. The Bertz CT molecular complexity index is 1660. The first-order valence-electron chi connectivity index (χ1n) is 14.2. The van der Waals surface area contributed by atoms with Gasteiger partial charge in [-0.2, -0.15) is 0 Å². The topological polar surface area (TPSA) is 96.0 Å². The number of hydrogen-bond donors (Lipinski definition) is 1. The minimum absolute atomic E-state index is 0.0663. The van der Waals surface area contributed by atoms with Crippen molar-refractivity contribution >= 4 is 27.5 Å². The number of aryl methyl sites for hydroxylation is 1. The largest absolute Gasteiger partial charge is 0.494 e. The molecular weight excluding hydrogens is 581 g/mol. The van der Waals surface area contributed by atoms with Crippen LogP contribution in [-0.4, -0.2) is 51.4 Å². The Balaban J connectivity index is 1.78. The summed E-state index contributed by atoms with van der Waals surface area (Å²) in [5.41, 5.74) is 2.66. The number of ether oxygens (including phenoxy) is 1. The van der Waals surface area contributed by atoms with Gasteiger partial charge in [-0.05, 0) is 79.1 Å². The quantitative estimate of drug-likeness (QED) is 0.225. The molecule has 230 valence electrons. The predicted molar refractivity (Wildman–Crippen MR) is 168 cm³/mol. The zero-order valence-corrected chi connectivity index (χ0v) is 25.8. The molecule has 0 saturated carbocycles. The maximum absolute atomic E-state index is 14.3. The molecule has 0 aliphatic carbocycles. The van der Waals surface area contributed by atoms with Gasteiger partial charge in [0.05, 0.1) is 17.2 Å². The molecule has 0 aromatic heterocycles. The van der Waals surface area contributed by atoms with Crippen LogP contribution >= 0.6 is 0 Å². The molecule has 4 aromatic carbocycles. The van der Waals surface area contributed by atoms with Crippen LogP contribution < -0.4 is 14.4 Å². The summed E-state index contributed by atoms with van der Waals surface area (Å²) in [5.74, 6) is -1.05. The fraction of sp³-hybridized carbons (Fsp3) is 0.235. The molecule has 0 aliphatic heterocycles. The molecule has 1 atom stereocenters. The Hall–Kier alpha value is -4.70. The van der Waals surface area contributed by atoms with Gasteiger partial charge in [-0.15, -0.1) is 0 Å². The van der Waals surface area contributed by atoms with Gasteiger partial charge in [-0.25, -0.2) is 12.8 Å². The number of nitrogens with zero attached hydrogens (tertiary/aromatic N) is 2. The summed E-state index contributed by atoms with van der Waals surface area (Å²) < 4.78 is 48.4. The highest BCUT2D eigenvalue weighted by Crippen LogP contribution is 2.27. The van der Waals surface area contributed by atoms with Gasteiger partial charge in [-0.3, -0.25) is 13.9 Å². The number of carbonyl (C=O) groups is 2. The Morgan fingerprint density at radius 2 is 1.52 bits per heavy atom. The van der Waals surface area contributed by atoms with E-state index in [0.717, 1.165) is 33.1 Å². The molecule has 2 amide bonds. The Morgan fingerprint density at radius 3 is 2.14 bits per heavy atom. The van der Waals surface area contributed by atoms with Crippen LogP contribution in [0.25, 0.3) is 0 Å². The summed E-state index contributed by atoms with van der Waals surface area (Å²) >= 11 is 0. The third-order valence-electron chi connectivity index (χ3n) is 7.24. The number of halogens is 1. The van der Waals surface area contributed by atoms with E-state index in [1.807, 2.05) is 68.4 Å². The molecule has 0 heterocycles. The number of sulfonamides is 1. The average molecular weight is 618 g/mol. The van der Waals surface area contributed by atoms with Crippen molar-refractivity contribution in [3.8, 4) is 5.75 Å². The molecule has 10 heteroatoms. The summed E-state index contributed by atoms with van der Waals surface area (Å²) in [5, 5.41) is 2.67. The van der Waals surface area contributed by atoms with Gasteiger partial charge in [0.15, 0.2) is 0 Å². The van der Waals surface area contributed by atoms with Crippen LogP contribution in [0.1, 0.15) is 23.6 Å². The second kappa shape index (κ2) is 14.7. The SMILES string of the molecule is CCOc1ccc(S(=O)(=O)N(CC(=O)N(Cc2ccccc2C)C(Cc2ccccc2)C(=O)NC)c2ccc(F)cc2)cc1. The zero-order valence-electron chi connectivity index (χ0n) is 24.9. The fourth-order valence-electron chi connectivity index (χ4n) is 4.83. The Labute approximate surface area is 258 Å². The second-order valence-electron chi connectivity index (χ2n) is 10.2. The lowest BCUT2D eigenvalue weighted by Crippen LogP contribution is -2.53. The molecule has 4 rings (SSSR count). The second-order valence-corrected chi connectivity index (χ2v) is 12.0. The maximum atomic E-state index is 14.3. The van der Waals surface area contributed by atoms with Crippen molar-refractivity contribution in [1.82, 2.24) is 10.2 Å². The zero-order chi connectivity index (χ0) is 31.7. The number of rotatable bonds is 13. The van der Waals surface area contributed by atoms with Gasteiger partial charge >= 0.3 is 0 Å². The lowest BCUT2D eigenvalue weighted by molar-refractivity contribution is -0.139. The number of benzene rings is 4. The van der Waals surface area contributed by atoms with Gasteiger partial charge in [0.1, 0.15) is 24.2 Å². The number of carbonyl (C=O) groups excluding carboxylic acids is 2. The minimum atomic E-state index is -4.31. The number of nitrogens with one attached hydrogen (secondary N) is 1. The van der Waals surface area contributed by atoms with Crippen LogP contribution in [0, 0.1) is 12.7 Å². The number of anilines is 1. The van der Waals surface area contributed by atoms with E-state index in [2.05, 4.69) is 5.32 Å². The molecule has 0 radical (unpaired) electrons.